The lowest BCUT2D eigenvalue weighted by molar-refractivity contribution is 0.466. The first-order chi connectivity index (χ1) is 7.65. The van der Waals surface area contributed by atoms with Gasteiger partial charge in [-0.15, -0.1) is 0 Å². The number of hydrogen-bond donors (Lipinski definition) is 2. The first-order valence-corrected chi connectivity index (χ1v) is 5.88. The number of halogens is 1. The quantitative estimate of drug-likeness (QED) is 0.825. The third-order valence-electron chi connectivity index (χ3n) is 3.52. The van der Waals surface area contributed by atoms with Gasteiger partial charge in [-0.2, -0.15) is 0 Å². The molecule has 2 unspecified atom stereocenters. The highest BCUT2D eigenvalue weighted by atomic mass is 19.1. The van der Waals surface area contributed by atoms with Crippen molar-refractivity contribution in [2.24, 2.45) is 11.7 Å². The van der Waals surface area contributed by atoms with E-state index in [0.717, 1.165) is 12.8 Å². The van der Waals surface area contributed by atoms with Crippen molar-refractivity contribution in [1.29, 1.82) is 0 Å². The molecule has 0 heterocycles. The van der Waals surface area contributed by atoms with E-state index in [9.17, 15) is 4.39 Å². The van der Waals surface area contributed by atoms with Crippen LogP contribution in [-0.2, 0) is 0 Å². The molecule has 0 aliphatic heterocycles. The van der Waals surface area contributed by atoms with Gasteiger partial charge in [-0.25, -0.2) is 4.39 Å². The van der Waals surface area contributed by atoms with Crippen molar-refractivity contribution in [1.82, 2.24) is 0 Å². The third-order valence-corrected chi connectivity index (χ3v) is 3.52. The average molecular weight is 222 g/mol. The number of rotatable bonds is 3. The van der Waals surface area contributed by atoms with Crippen molar-refractivity contribution in [3.05, 3.63) is 30.1 Å². The molecule has 88 valence electrons. The Bertz CT molecular complexity index is 367. The van der Waals surface area contributed by atoms with E-state index in [1.54, 1.807) is 12.1 Å². The first kappa shape index (κ1) is 11.4. The van der Waals surface area contributed by atoms with Gasteiger partial charge in [-0.1, -0.05) is 19.1 Å². The second-order valence-electron chi connectivity index (χ2n) is 4.94. The molecule has 0 aromatic heterocycles. The molecule has 1 fully saturated rings. The van der Waals surface area contributed by atoms with E-state index in [2.05, 4.69) is 12.2 Å². The van der Waals surface area contributed by atoms with Crippen LogP contribution >= 0.6 is 0 Å². The summed E-state index contributed by atoms with van der Waals surface area (Å²) in [5, 5.41) is 3.30. The maximum Gasteiger partial charge on any atom is 0.146 e. The highest BCUT2D eigenvalue weighted by Gasteiger charge is 2.36. The van der Waals surface area contributed by atoms with Crippen molar-refractivity contribution in [3.63, 3.8) is 0 Å². The molecule has 1 aromatic carbocycles. The van der Waals surface area contributed by atoms with Gasteiger partial charge in [0.05, 0.1) is 5.69 Å². The predicted octanol–water partition coefficient (Wildman–Crippen LogP) is 2.76. The lowest BCUT2D eigenvalue weighted by atomic mass is 9.96. The monoisotopic (exact) mass is 222 g/mol. The fraction of sp³-hybridized carbons (Fsp3) is 0.538. The second-order valence-corrected chi connectivity index (χ2v) is 4.94. The minimum Gasteiger partial charge on any atom is -0.376 e. The zero-order valence-corrected chi connectivity index (χ0v) is 9.67. The van der Waals surface area contributed by atoms with Gasteiger partial charge in [-0.3, -0.25) is 0 Å². The fourth-order valence-electron chi connectivity index (χ4n) is 2.59. The molecule has 16 heavy (non-hydrogen) atoms. The highest BCUT2D eigenvalue weighted by molar-refractivity contribution is 5.47. The molecule has 0 radical (unpaired) electrons. The summed E-state index contributed by atoms with van der Waals surface area (Å²) in [5.41, 5.74) is 6.31. The molecule has 1 aliphatic carbocycles. The zero-order chi connectivity index (χ0) is 11.6. The van der Waals surface area contributed by atoms with E-state index in [1.165, 1.54) is 12.5 Å². The summed E-state index contributed by atoms with van der Waals surface area (Å²) in [6, 6.07) is 6.79. The largest absolute Gasteiger partial charge is 0.376 e. The summed E-state index contributed by atoms with van der Waals surface area (Å²) in [7, 11) is 0. The van der Waals surface area contributed by atoms with Crippen molar-refractivity contribution >= 4 is 5.69 Å². The van der Waals surface area contributed by atoms with Crippen molar-refractivity contribution in [2.75, 3.05) is 11.9 Å². The maximum absolute atomic E-state index is 13.5. The van der Waals surface area contributed by atoms with Crippen LogP contribution < -0.4 is 11.1 Å². The zero-order valence-electron chi connectivity index (χ0n) is 9.67. The molecule has 0 saturated heterocycles. The summed E-state index contributed by atoms with van der Waals surface area (Å²) in [5.74, 6) is 0.470. The average Bonchev–Trinajstić information content (AvgIpc) is 2.65. The van der Waals surface area contributed by atoms with Crippen LogP contribution in [-0.4, -0.2) is 12.1 Å². The molecule has 2 atom stereocenters. The topological polar surface area (TPSA) is 38.0 Å². The molecule has 2 rings (SSSR count). The van der Waals surface area contributed by atoms with Gasteiger partial charge in [0, 0.05) is 12.1 Å². The first-order valence-electron chi connectivity index (χ1n) is 5.88. The van der Waals surface area contributed by atoms with Gasteiger partial charge in [0.1, 0.15) is 5.82 Å². The Balaban J connectivity index is 2.16. The smallest absolute Gasteiger partial charge is 0.146 e. The summed E-state index contributed by atoms with van der Waals surface area (Å²) < 4.78 is 13.5. The molecule has 1 aromatic rings. The Morgan fingerprint density at radius 3 is 2.81 bits per heavy atom. The van der Waals surface area contributed by atoms with Gasteiger partial charge >= 0.3 is 0 Å². The number of nitrogens with two attached hydrogens (primary N) is 1. The number of benzene rings is 1. The minimum atomic E-state index is -0.199. The van der Waals surface area contributed by atoms with Gasteiger partial charge < -0.3 is 11.1 Å². The van der Waals surface area contributed by atoms with E-state index in [-0.39, 0.29) is 11.4 Å². The fourth-order valence-corrected chi connectivity index (χ4v) is 2.59. The molecule has 3 heteroatoms. The standard InChI is InChI=1S/C13H19FN2/c1-10-6-7-13(8-10,9-15)16-12-5-3-2-4-11(12)14/h2-5,10,16H,6-9,15H2,1H3. The van der Waals surface area contributed by atoms with E-state index in [4.69, 9.17) is 5.73 Å². The molecular formula is C13H19FN2. The van der Waals surface area contributed by atoms with Crippen LogP contribution in [0.25, 0.3) is 0 Å². The number of hydrogen-bond acceptors (Lipinski definition) is 2. The molecule has 2 nitrogen and oxygen atoms in total. The molecular weight excluding hydrogens is 203 g/mol. The second kappa shape index (κ2) is 4.42. The molecule has 1 saturated carbocycles. The SMILES string of the molecule is CC1CCC(CN)(Nc2ccccc2F)C1. The summed E-state index contributed by atoms with van der Waals surface area (Å²) in [6.07, 6.45) is 3.22. The molecule has 0 bridgehead atoms. The van der Waals surface area contributed by atoms with Crippen LogP contribution in [0.4, 0.5) is 10.1 Å². The van der Waals surface area contributed by atoms with E-state index < -0.39 is 0 Å². The third kappa shape index (κ3) is 2.19. The maximum atomic E-state index is 13.5. The van der Waals surface area contributed by atoms with Crippen LogP contribution in [0.1, 0.15) is 26.2 Å². The lowest BCUT2D eigenvalue weighted by Crippen LogP contribution is -2.43. The Morgan fingerprint density at radius 1 is 1.50 bits per heavy atom. The van der Waals surface area contributed by atoms with Crippen LogP contribution in [0, 0.1) is 11.7 Å². The van der Waals surface area contributed by atoms with Gasteiger partial charge in [0.2, 0.25) is 0 Å². The summed E-state index contributed by atoms with van der Waals surface area (Å²) in [4.78, 5) is 0. The Labute approximate surface area is 96.0 Å². The van der Waals surface area contributed by atoms with Crippen molar-refractivity contribution < 1.29 is 4.39 Å². The molecule has 3 N–H and O–H groups in total. The van der Waals surface area contributed by atoms with Crippen molar-refractivity contribution in [3.8, 4) is 0 Å². The number of nitrogens with one attached hydrogen (secondary N) is 1. The predicted molar refractivity (Wildman–Crippen MR) is 64.8 cm³/mol. The van der Waals surface area contributed by atoms with Crippen molar-refractivity contribution in [2.45, 2.75) is 31.7 Å². The Kier molecular flexibility index (Phi) is 3.15. The summed E-state index contributed by atoms with van der Waals surface area (Å²) >= 11 is 0. The minimum absolute atomic E-state index is 0.110. The van der Waals surface area contributed by atoms with Crippen LogP contribution in [0.2, 0.25) is 0 Å². The van der Waals surface area contributed by atoms with Crippen LogP contribution in [0.15, 0.2) is 24.3 Å². The normalized spacial score (nSPS) is 29.3. The van der Waals surface area contributed by atoms with Crippen LogP contribution in [0.3, 0.4) is 0 Å². The van der Waals surface area contributed by atoms with Gasteiger partial charge in [0.15, 0.2) is 0 Å². The van der Waals surface area contributed by atoms with Crippen LogP contribution in [0.5, 0.6) is 0 Å². The summed E-state index contributed by atoms with van der Waals surface area (Å²) in [6.45, 7) is 2.78. The Morgan fingerprint density at radius 2 is 2.25 bits per heavy atom. The van der Waals surface area contributed by atoms with Gasteiger partial charge in [0.25, 0.3) is 0 Å². The molecule has 1 aliphatic rings. The van der Waals surface area contributed by atoms with E-state index in [1.807, 2.05) is 6.07 Å². The van der Waals surface area contributed by atoms with E-state index in [0.29, 0.717) is 18.2 Å². The highest BCUT2D eigenvalue weighted by Crippen LogP contribution is 2.36. The number of anilines is 1. The van der Waals surface area contributed by atoms with E-state index >= 15 is 0 Å². The Hall–Kier alpha value is -1.09. The molecule has 0 spiro atoms. The van der Waals surface area contributed by atoms with Gasteiger partial charge in [-0.05, 0) is 37.3 Å². The number of para-hydroxylation sites is 1. The molecule has 0 amide bonds. The lowest BCUT2D eigenvalue weighted by Gasteiger charge is -2.30.